The van der Waals surface area contributed by atoms with Crippen molar-refractivity contribution < 1.29 is 9.53 Å². The Balaban J connectivity index is 2.46. The fraction of sp³-hybridized carbons (Fsp3) is 0.214. The number of H-pyrrole nitrogens is 1. The second kappa shape index (κ2) is 5.78. The molecule has 0 amide bonds. The van der Waals surface area contributed by atoms with Gasteiger partial charge in [-0.15, -0.1) is 11.8 Å². The minimum Gasteiger partial charge on any atom is -0.490 e. The average molecular weight is 261 g/mol. The van der Waals surface area contributed by atoms with Crippen molar-refractivity contribution in [1.29, 1.82) is 0 Å². The third-order valence-electron chi connectivity index (χ3n) is 2.65. The van der Waals surface area contributed by atoms with E-state index in [1.807, 2.05) is 24.5 Å². The van der Waals surface area contributed by atoms with Crippen molar-refractivity contribution in [1.82, 2.24) is 4.98 Å². The van der Waals surface area contributed by atoms with Gasteiger partial charge in [-0.1, -0.05) is 12.7 Å². The Morgan fingerprint density at radius 3 is 3.00 bits per heavy atom. The number of nitrogens with one attached hydrogen (secondary N) is 1. The summed E-state index contributed by atoms with van der Waals surface area (Å²) in [7, 11) is 0. The first kappa shape index (κ1) is 12.8. The molecule has 94 valence electrons. The summed E-state index contributed by atoms with van der Waals surface area (Å²) < 4.78 is 5.52. The molecule has 0 aliphatic heterocycles. The van der Waals surface area contributed by atoms with E-state index < -0.39 is 0 Å². The Hall–Kier alpha value is -1.68. The zero-order valence-electron chi connectivity index (χ0n) is 10.2. The van der Waals surface area contributed by atoms with Crippen LogP contribution in [0.15, 0.2) is 35.7 Å². The van der Waals surface area contributed by atoms with Gasteiger partial charge in [-0.2, -0.15) is 0 Å². The van der Waals surface area contributed by atoms with Crippen LogP contribution in [-0.4, -0.2) is 24.1 Å². The standard InChI is InChI=1S/C14H15NO2S/c1-3-8-17-10-4-5-12-11(9-10)14(18-2)13(15-12)6-7-16/h3-5,7,9,15H,1,6,8H2,2H3. The molecule has 1 N–H and O–H groups in total. The molecule has 0 aliphatic rings. The van der Waals surface area contributed by atoms with Crippen molar-refractivity contribution >= 4 is 29.0 Å². The number of ether oxygens (including phenoxy) is 1. The maximum absolute atomic E-state index is 10.7. The summed E-state index contributed by atoms with van der Waals surface area (Å²) >= 11 is 1.64. The largest absolute Gasteiger partial charge is 0.490 e. The monoisotopic (exact) mass is 261 g/mol. The van der Waals surface area contributed by atoms with Crippen LogP contribution >= 0.6 is 11.8 Å². The fourth-order valence-corrected chi connectivity index (χ4v) is 2.68. The molecule has 3 nitrogen and oxygen atoms in total. The molecule has 2 aromatic rings. The number of benzene rings is 1. The number of hydrogen-bond donors (Lipinski definition) is 1. The highest BCUT2D eigenvalue weighted by atomic mass is 32.2. The van der Waals surface area contributed by atoms with Crippen LogP contribution < -0.4 is 4.74 Å². The molecular weight excluding hydrogens is 246 g/mol. The summed E-state index contributed by atoms with van der Waals surface area (Å²) in [6.07, 6.45) is 5.05. The van der Waals surface area contributed by atoms with E-state index in [-0.39, 0.29) is 0 Å². The summed E-state index contributed by atoms with van der Waals surface area (Å²) in [5, 5.41) is 1.10. The van der Waals surface area contributed by atoms with Gasteiger partial charge in [-0.3, -0.25) is 0 Å². The molecule has 0 radical (unpaired) electrons. The molecule has 4 heteroatoms. The normalized spacial score (nSPS) is 10.5. The Morgan fingerprint density at radius 2 is 2.33 bits per heavy atom. The van der Waals surface area contributed by atoms with Gasteiger partial charge in [0.25, 0.3) is 0 Å². The Kier molecular flexibility index (Phi) is 4.10. The van der Waals surface area contributed by atoms with Crippen LogP contribution in [0, 0.1) is 0 Å². The van der Waals surface area contributed by atoms with Crippen LogP contribution in [0.4, 0.5) is 0 Å². The fourth-order valence-electron chi connectivity index (χ4n) is 1.91. The number of rotatable bonds is 6. The predicted octanol–water partition coefficient (Wildman–Crippen LogP) is 3.20. The van der Waals surface area contributed by atoms with Crippen molar-refractivity contribution in [2.75, 3.05) is 12.9 Å². The number of carbonyl (C=O) groups is 1. The lowest BCUT2D eigenvalue weighted by molar-refractivity contribution is -0.107. The van der Waals surface area contributed by atoms with Crippen LogP contribution in [0.1, 0.15) is 5.69 Å². The molecule has 0 bridgehead atoms. The number of aromatic nitrogens is 1. The van der Waals surface area contributed by atoms with Crippen molar-refractivity contribution in [2.45, 2.75) is 11.3 Å². The maximum Gasteiger partial charge on any atom is 0.125 e. The van der Waals surface area contributed by atoms with Crippen LogP contribution in [0.25, 0.3) is 10.9 Å². The van der Waals surface area contributed by atoms with Gasteiger partial charge >= 0.3 is 0 Å². The number of carbonyl (C=O) groups excluding carboxylic acids is 1. The summed E-state index contributed by atoms with van der Waals surface area (Å²) in [6, 6.07) is 5.88. The van der Waals surface area contributed by atoms with Gasteiger partial charge in [0, 0.05) is 27.9 Å². The van der Waals surface area contributed by atoms with E-state index in [4.69, 9.17) is 4.74 Å². The van der Waals surface area contributed by atoms with E-state index in [0.717, 1.165) is 33.5 Å². The lowest BCUT2D eigenvalue weighted by Gasteiger charge is -2.03. The molecule has 0 unspecified atom stereocenters. The van der Waals surface area contributed by atoms with E-state index in [9.17, 15) is 4.79 Å². The predicted molar refractivity (Wildman–Crippen MR) is 75.5 cm³/mol. The van der Waals surface area contributed by atoms with E-state index >= 15 is 0 Å². The first-order chi connectivity index (χ1) is 8.80. The van der Waals surface area contributed by atoms with Gasteiger partial charge < -0.3 is 14.5 Å². The van der Waals surface area contributed by atoms with Gasteiger partial charge in [-0.25, -0.2) is 0 Å². The molecule has 0 saturated heterocycles. The van der Waals surface area contributed by atoms with E-state index in [2.05, 4.69) is 11.6 Å². The first-order valence-electron chi connectivity index (χ1n) is 5.66. The number of aromatic amines is 1. The van der Waals surface area contributed by atoms with Gasteiger partial charge in [-0.05, 0) is 24.5 Å². The maximum atomic E-state index is 10.7. The minimum absolute atomic E-state index is 0.410. The molecule has 0 saturated carbocycles. The Bertz CT molecular complexity index is 574. The van der Waals surface area contributed by atoms with Crippen LogP contribution in [0.5, 0.6) is 5.75 Å². The van der Waals surface area contributed by atoms with Gasteiger partial charge in [0.15, 0.2) is 0 Å². The third kappa shape index (κ3) is 2.43. The van der Waals surface area contributed by atoms with Crippen molar-refractivity contribution in [3.05, 3.63) is 36.5 Å². The lowest BCUT2D eigenvalue weighted by Crippen LogP contribution is -1.91. The second-order valence-corrected chi connectivity index (χ2v) is 4.63. The number of hydrogen-bond acceptors (Lipinski definition) is 3. The smallest absolute Gasteiger partial charge is 0.125 e. The van der Waals surface area contributed by atoms with E-state index in [1.165, 1.54) is 0 Å². The van der Waals surface area contributed by atoms with Gasteiger partial charge in [0.1, 0.15) is 18.6 Å². The molecule has 2 rings (SSSR count). The molecule has 18 heavy (non-hydrogen) atoms. The first-order valence-corrected chi connectivity index (χ1v) is 6.88. The second-order valence-electron chi connectivity index (χ2n) is 3.81. The van der Waals surface area contributed by atoms with Crippen LogP contribution in [0.2, 0.25) is 0 Å². The summed E-state index contributed by atoms with van der Waals surface area (Å²) in [6.45, 7) is 4.12. The SMILES string of the molecule is C=CCOc1ccc2[nH]c(CC=O)c(SC)c2c1. The third-order valence-corrected chi connectivity index (χ3v) is 3.53. The number of aldehydes is 1. The minimum atomic E-state index is 0.410. The van der Waals surface area contributed by atoms with Gasteiger partial charge in [0.05, 0.1) is 0 Å². The number of fused-ring (bicyclic) bond motifs is 1. The molecule has 0 fully saturated rings. The highest BCUT2D eigenvalue weighted by Crippen LogP contribution is 2.32. The quantitative estimate of drug-likeness (QED) is 0.493. The summed E-state index contributed by atoms with van der Waals surface area (Å²) in [5.41, 5.74) is 2.00. The van der Waals surface area contributed by atoms with Crippen LogP contribution in [-0.2, 0) is 11.2 Å². The zero-order chi connectivity index (χ0) is 13.0. The molecule has 1 aromatic heterocycles. The molecule has 0 atom stereocenters. The molecular formula is C14H15NO2S. The van der Waals surface area contributed by atoms with Crippen molar-refractivity contribution in [3.8, 4) is 5.75 Å². The topological polar surface area (TPSA) is 42.1 Å². The Labute approximate surface area is 110 Å². The van der Waals surface area contributed by atoms with Crippen molar-refractivity contribution in [2.24, 2.45) is 0 Å². The summed E-state index contributed by atoms with van der Waals surface area (Å²) in [5.74, 6) is 0.814. The molecule has 1 aromatic carbocycles. The molecule has 0 aliphatic carbocycles. The number of thioether (sulfide) groups is 1. The molecule has 1 heterocycles. The lowest BCUT2D eigenvalue weighted by atomic mass is 10.2. The molecule has 0 spiro atoms. The highest BCUT2D eigenvalue weighted by molar-refractivity contribution is 7.98. The zero-order valence-corrected chi connectivity index (χ0v) is 11.0. The van der Waals surface area contributed by atoms with E-state index in [0.29, 0.717) is 13.0 Å². The highest BCUT2D eigenvalue weighted by Gasteiger charge is 2.11. The Morgan fingerprint density at radius 1 is 1.50 bits per heavy atom. The summed E-state index contributed by atoms with van der Waals surface area (Å²) in [4.78, 5) is 15.0. The van der Waals surface area contributed by atoms with Crippen LogP contribution in [0.3, 0.4) is 0 Å². The van der Waals surface area contributed by atoms with Gasteiger partial charge in [0.2, 0.25) is 0 Å². The average Bonchev–Trinajstić information content (AvgIpc) is 2.73. The van der Waals surface area contributed by atoms with Crippen molar-refractivity contribution in [3.63, 3.8) is 0 Å². The van der Waals surface area contributed by atoms with E-state index in [1.54, 1.807) is 17.8 Å².